The molecule has 1 unspecified atom stereocenters. The van der Waals surface area contributed by atoms with Crippen LogP contribution in [-0.4, -0.2) is 21.8 Å². The van der Waals surface area contributed by atoms with Crippen LogP contribution in [-0.2, 0) is 4.79 Å². The Hall–Kier alpha value is -2.10. The molecule has 1 aromatic carbocycles. The van der Waals surface area contributed by atoms with Crippen LogP contribution in [0.5, 0.6) is 0 Å². The molecular weight excluding hydrogens is 218 g/mol. The summed E-state index contributed by atoms with van der Waals surface area (Å²) in [5.74, 6) is -2.41. The lowest BCUT2D eigenvalue weighted by Crippen LogP contribution is -2.23. The predicted molar refractivity (Wildman–Crippen MR) is 64.0 cm³/mol. The van der Waals surface area contributed by atoms with Crippen LogP contribution in [0.25, 0.3) is 10.9 Å². The van der Waals surface area contributed by atoms with Gasteiger partial charge in [-0.15, -0.1) is 0 Å². The minimum atomic E-state index is -1.07. The van der Waals surface area contributed by atoms with Gasteiger partial charge in [0.25, 0.3) is 0 Å². The molecule has 1 heterocycles. The van der Waals surface area contributed by atoms with Gasteiger partial charge >= 0.3 is 5.97 Å². The Bertz CT molecular complexity index is 538. The number of para-hydroxylation sites is 1. The second-order valence-corrected chi connectivity index (χ2v) is 3.93. The first kappa shape index (κ1) is 11.4. The molecule has 2 N–H and O–H groups in total. The summed E-state index contributed by atoms with van der Waals surface area (Å²) in [4.78, 5) is 25.9. The summed E-state index contributed by atoms with van der Waals surface area (Å²) < 4.78 is 0. The number of carboxylic acid groups (broad SMARTS) is 1. The van der Waals surface area contributed by atoms with E-state index in [-0.39, 0.29) is 5.78 Å². The van der Waals surface area contributed by atoms with Gasteiger partial charge < -0.3 is 10.1 Å². The van der Waals surface area contributed by atoms with Crippen molar-refractivity contribution < 1.29 is 14.7 Å². The maximum absolute atomic E-state index is 12.0. The summed E-state index contributed by atoms with van der Waals surface area (Å²) in [5.41, 5.74) is 1.21. The summed E-state index contributed by atoms with van der Waals surface area (Å²) in [5, 5.41) is 9.86. The minimum absolute atomic E-state index is 0.295. The van der Waals surface area contributed by atoms with E-state index in [2.05, 4.69) is 4.98 Å². The van der Waals surface area contributed by atoms with E-state index >= 15 is 0 Å². The fraction of sp³-hybridized carbons (Fsp3) is 0.231. The number of nitrogens with one attached hydrogen (secondary N) is 1. The van der Waals surface area contributed by atoms with Crippen molar-refractivity contribution >= 4 is 22.7 Å². The molecule has 2 rings (SSSR count). The first-order valence-corrected chi connectivity index (χ1v) is 5.48. The molecule has 88 valence electrons. The number of fused-ring (bicyclic) bond motifs is 1. The molecule has 0 aliphatic rings. The summed E-state index contributed by atoms with van der Waals surface area (Å²) in [6, 6.07) is 9.17. The van der Waals surface area contributed by atoms with Crippen LogP contribution in [0, 0.1) is 5.92 Å². The maximum Gasteiger partial charge on any atom is 0.314 e. The fourth-order valence-corrected chi connectivity index (χ4v) is 1.87. The molecule has 0 spiro atoms. The number of rotatable bonds is 4. The third-order valence-corrected chi connectivity index (χ3v) is 2.82. The molecule has 0 saturated heterocycles. The minimum Gasteiger partial charge on any atom is -0.481 e. The number of aliphatic carboxylic acids is 1. The van der Waals surface area contributed by atoms with E-state index < -0.39 is 11.9 Å². The summed E-state index contributed by atoms with van der Waals surface area (Å²) in [6.45, 7) is 1.69. The number of aromatic nitrogens is 1. The third kappa shape index (κ3) is 2.06. The van der Waals surface area contributed by atoms with Gasteiger partial charge in [0.1, 0.15) is 5.92 Å². The number of carbonyl (C=O) groups is 2. The van der Waals surface area contributed by atoms with Gasteiger partial charge in [-0.3, -0.25) is 9.59 Å². The van der Waals surface area contributed by atoms with Gasteiger partial charge in [0.05, 0.1) is 5.69 Å². The van der Waals surface area contributed by atoms with Crippen LogP contribution in [0.3, 0.4) is 0 Å². The molecule has 0 radical (unpaired) electrons. The SMILES string of the molecule is CCC(C(=O)O)C(=O)c1cc2ccccc2[nH]1. The Morgan fingerprint density at radius 2 is 2.06 bits per heavy atom. The highest BCUT2D eigenvalue weighted by Gasteiger charge is 2.26. The molecule has 0 amide bonds. The van der Waals surface area contributed by atoms with E-state index in [1.807, 2.05) is 24.3 Å². The Balaban J connectivity index is 2.39. The quantitative estimate of drug-likeness (QED) is 0.627. The smallest absolute Gasteiger partial charge is 0.314 e. The van der Waals surface area contributed by atoms with Crippen molar-refractivity contribution in [3.05, 3.63) is 36.0 Å². The normalized spacial score (nSPS) is 12.5. The molecule has 0 saturated carbocycles. The molecule has 17 heavy (non-hydrogen) atoms. The highest BCUT2D eigenvalue weighted by atomic mass is 16.4. The Kier molecular flexibility index (Phi) is 2.95. The molecule has 0 fully saturated rings. The topological polar surface area (TPSA) is 70.2 Å². The van der Waals surface area contributed by atoms with E-state index in [9.17, 15) is 9.59 Å². The number of H-pyrrole nitrogens is 1. The van der Waals surface area contributed by atoms with Crippen LogP contribution >= 0.6 is 0 Å². The van der Waals surface area contributed by atoms with Crippen molar-refractivity contribution in [2.75, 3.05) is 0 Å². The lowest BCUT2D eigenvalue weighted by atomic mass is 9.99. The van der Waals surface area contributed by atoms with Crippen LogP contribution in [0.1, 0.15) is 23.8 Å². The number of carboxylic acids is 1. The molecule has 1 aromatic heterocycles. The lowest BCUT2D eigenvalue weighted by molar-refractivity contribution is -0.140. The van der Waals surface area contributed by atoms with Gasteiger partial charge in [0.2, 0.25) is 0 Å². The van der Waals surface area contributed by atoms with E-state index in [4.69, 9.17) is 5.11 Å². The maximum atomic E-state index is 12.0. The average molecular weight is 231 g/mol. The van der Waals surface area contributed by atoms with Crippen LogP contribution in [0.2, 0.25) is 0 Å². The van der Waals surface area contributed by atoms with Gasteiger partial charge in [-0.05, 0) is 18.6 Å². The van der Waals surface area contributed by atoms with Crippen molar-refractivity contribution in [3.8, 4) is 0 Å². The number of Topliss-reactive ketones (excluding diaryl/α,β-unsaturated/α-hetero) is 1. The Labute approximate surface area is 98.3 Å². The summed E-state index contributed by atoms with van der Waals surface area (Å²) in [6.07, 6.45) is 0.295. The molecule has 0 bridgehead atoms. The summed E-state index contributed by atoms with van der Waals surface area (Å²) >= 11 is 0. The molecular formula is C13H13NO3. The van der Waals surface area contributed by atoms with Crippen LogP contribution in [0.15, 0.2) is 30.3 Å². The molecule has 2 aromatic rings. The van der Waals surface area contributed by atoms with Gasteiger partial charge in [-0.25, -0.2) is 0 Å². The number of hydrogen-bond donors (Lipinski definition) is 2. The first-order chi connectivity index (χ1) is 8.13. The number of hydrogen-bond acceptors (Lipinski definition) is 2. The highest BCUT2D eigenvalue weighted by Crippen LogP contribution is 2.18. The van der Waals surface area contributed by atoms with Crippen molar-refractivity contribution in [1.29, 1.82) is 0 Å². The number of aromatic amines is 1. The summed E-state index contributed by atoms with van der Waals surface area (Å²) in [7, 11) is 0. The number of benzene rings is 1. The molecule has 4 heteroatoms. The molecule has 4 nitrogen and oxygen atoms in total. The van der Waals surface area contributed by atoms with E-state index in [1.165, 1.54) is 0 Å². The van der Waals surface area contributed by atoms with Crippen LogP contribution < -0.4 is 0 Å². The second-order valence-electron chi connectivity index (χ2n) is 3.93. The van der Waals surface area contributed by atoms with E-state index in [0.29, 0.717) is 12.1 Å². The van der Waals surface area contributed by atoms with Gasteiger partial charge in [-0.1, -0.05) is 25.1 Å². The zero-order valence-corrected chi connectivity index (χ0v) is 9.43. The van der Waals surface area contributed by atoms with Crippen molar-refractivity contribution in [2.24, 2.45) is 5.92 Å². The largest absolute Gasteiger partial charge is 0.481 e. The monoisotopic (exact) mass is 231 g/mol. The third-order valence-electron chi connectivity index (χ3n) is 2.82. The average Bonchev–Trinajstić information content (AvgIpc) is 2.72. The molecule has 0 aliphatic heterocycles. The lowest BCUT2D eigenvalue weighted by Gasteiger charge is -2.06. The predicted octanol–water partition coefficient (Wildman–Crippen LogP) is 2.46. The second kappa shape index (κ2) is 4.41. The van der Waals surface area contributed by atoms with Crippen molar-refractivity contribution in [2.45, 2.75) is 13.3 Å². The zero-order valence-electron chi connectivity index (χ0n) is 9.43. The first-order valence-electron chi connectivity index (χ1n) is 5.48. The van der Waals surface area contributed by atoms with Crippen LogP contribution in [0.4, 0.5) is 0 Å². The fourth-order valence-electron chi connectivity index (χ4n) is 1.87. The number of carbonyl (C=O) groups excluding carboxylic acids is 1. The van der Waals surface area contributed by atoms with Crippen molar-refractivity contribution in [1.82, 2.24) is 4.98 Å². The molecule has 1 atom stereocenters. The molecule has 0 aliphatic carbocycles. The highest BCUT2D eigenvalue weighted by molar-refractivity contribution is 6.09. The Morgan fingerprint density at radius 3 is 2.65 bits per heavy atom. The van der Waals surface area contributed by atoms with Gasteiger partial charge in [-0.2, -0.15) is 0 Å². The van der Waals surface area contributed by atoms with E-state index in [0.717, 1.165) is 10.9 Å². The zero-order chi connectivity index (χ0) is 12.4. The van der Waals surface area contributed by atoms with Gasteiger partial charge in [0.15, 0.2) is 5.78 Å². The van der Waals surface area contributed by atoms with Gasteiger partial charge in [0, 0.05) is 10.9 Å². The van der Waals surface area contributed by atoms with Crippen molar-refractivity contribution in [3.63, 3.8) is 0 Å². The van der Waals surface area contributed by atoms with E-state index in [1.54, 1.807) is 13.0 Å². The number of ketones is 1. The standard InChI is InChI=1S/C13H13NO3/c1-2-9(13(16)17)12(15)11-7-8-5-3-4-6-10(8)14-11/h3-7,9,14H,2H2,1H3,(H,16,17). The Morgan fingerprint density at radius 1 is 1.35 bits per heavy atom.